The summed E-state index contributed by atoms with van der Waals surface area (Å²) < 4.78 is 0. The summed E-state index contributed by atoms with van der Waals surface area (Å²) in [6, 6.07) is 0. The fourth-order valence-corrected chi connectivity index (χ4v) is 4.18. The molecular weight excluding hydrogens is 416 g/mol. The number of hydrogen-bond donors (Lipinski definition) is 5. The Labute approximate surface area is 204 Å². The van der Waals surface area contributed by atoms with E-state index in [2.05, 4.69) is 17.6 Å². The standard InChI is InChI=1S/C27H56N2O4/c1-3-5-6-7-8-9-10-11-12-13-14-15-16-17-18-19-20-21-22-23-25(30)28-24(4-2)29-26(31)27(32)33/h24,26-27,29,31-33H,3-23H2,1-2H3,(H,28,30). The Balaban J connectivity index is 3.34. The van der Waals surface area contributed by atoms with Gasteiger partial charge >= 0.3 is 0 Å². The summed E-state index contributed by atoms with van der Waals surface area (Å²) in [6.45, 7) is 4.13. The maximum Gasteiger partial charge on any atom is 0.221 e. The van der Waals surface area contributed by atoms with Crippen molar-refractivity contribution >= 4 is 5.91 Å². The molecule has 6 nitrogen and oxygen atoms in total. The molecule has 0 saturated heterocycles. The number of nitrogens with one attached hydrogen (secondary N) is 2. The van der Waals surface area contributed by atoms with Gasteiger partial charge < -0.3 is 20.6 Å². The predicted octanol–water partition coefficient (Wildman–Crippen LogP) is 5.88. The fraction of sp³-hybridized carbons (Fsp3) is 0.963. The second kappa shape index (κ2) is 24.4. The van der Waals surface area contributed by atoms with E-state index in [4.69, 9.17) is 10.2 Å². The molecule has 0 saturated carbocycles. The minimum atomic E-state index is -1.87. The van der Waals surface area contributed by atoms with Gasteiger partial charge in [-0.3, -0.25) is 10.1 Å². The average molecular weight is 473 g/mol. The molecule has 2 atom stereocenters. The van der Waals surface area contributed by atoms with Gasteiger partial charge in [0.2, 0.25) is 5.91 Å². The molecule has 0 spiro atoms. The van der Waals surface area contributed by atoms with Gasteiger partial charge in [0.05, 0.1) is 6.17 Å². The second-order valence-corrected chi connectivity index (χ2v) is 9.67. The Hall–Kier alpha value is -0.690. The van der Waals surface area contributed by atoms with Crippen LogP contribution in [0.1, 0.15) is 149 Å². The molecule has 33 heavy (non-hydrogen) atoms. The molecule has 0 aliphatic rings. The summed E-state index contributed by atoms with van der Waals surface area (Å²) in [5, 5.41) is 32.6. The van der Waals surface area contributed by atoms with Gasteiger partial charge in [0, 0.05) is 6.42 Å². The minimum Gasteiger partial charge on any atom is -0.373 e. The monoisotopic (exact) mass is 472 g/mol. The maximum atomic E-state index is 12.0. The zero-order valence-corrected chi connectivity index (χ0v) is 21.8. The van der Waals surface area contributed by atoms with E-state index in [-0.39, 0.29) is 5.91 Å². The lowest BCUT2D eigenvalue weighted by Crippen LogP contribution is -2.52. The molecule has 5 N–H and O–H groups in total. The second-order valence-electron chi connectivity index (χ2n) is 9.67. The SMILES string of the molecule is CCCCCCCCCCCCCCCCCCCCCC(=O)NC(CC)NC(O)C(O)O. The van der Waals surface area contributed by atoms with Crippen LogP contribution in [0, 0.1) is 0 Å². The molecule has 6 heteroatoms. The molecule has 0 rings (SSSR count). The van der Waals surface area contributed by atoms with Gasteiger partial charge in [-0.15, -0.1) is 0 Å². The quantitative estimate of drug-likeness (QED) is 0.0843. The minimum absolute atomic E-state index is 0.0686. The van der Waals surface area contributed by atoms with Crippen LogP contribution in [0.4, 0.5) is 0 Å². The molecule has 0 bridgehead atoms. The molecule has 198 valence electrons. The van der Waals surface area contributed by atoms with Crippen LogP contribution in [0.25, 0.3) is 0 Å². The lowest BCUT2D eigenvalue weighted by molar-refractivity contribution is -0.139. The van der Waals surface area contributed by atoms with Gasteiger partial charge in [0.25, 0.3) is 0 Å². The molecule has 1 amide bonds. The van der Waals surface area contributed by atoms with E-state index in [9.17, 15) is 9.90 Å². The third kappa shape index (κ3) is 22.8. The number of unbranched alkanes of at least 4 members (excludes halogenated alkanes) is 18. The first-order valence-corrected chi connectivity index (χ1v) is 14.1. The van der Waals surface area contributed by atoms with Gasteiger partial charge in [-0.05, 0) is 12.8 Å². The lowest BCUT2D eigenvalue weighted by Gasteiger charge is -2.23. The van der Waals surface area contributed by atoms with Crippen LogP contribution in [-0.4, -0.2) is 39.9 Å². The first kappa shape index (κ1) is 32.3. The molecule has 0 radical (unpaired) electrons. The van der Waals surface area contributed by atoms with Crippen LogP contribution in [0.2, 0.25) is 0 Å². The van der Waals surface area contributed by atoms with E-state index in [0.29, 0.717) is 12.8 Å². The van der Waals surface area contributed by atoms with Crippen molar-refractivity contribution in [3.05, 3.63) is 0 Å². The van der Waals surface area contributed by atoms with Crippen LogP contribution in [0.5, 0.6) is 0 Å². The number of carbonyl (C=O) groups excluding carboxylic acids is 1. The molecule has 0 aromatic rings. The van der Waals surface area contributed by atoms with Crippen molar-refractivity contribution in [1.82, 2.24) is 10.6 Å². The summed E-state index contributed by atoms with van der Waals surface area (Å²) in [5.74, 6) is -0.0686. The third-order valence-corrected chi connectivity index (χ3v) is 6.41. The van der Waals surface area contributed by atoms with E-state index in [0.717, 1.165) is 12.8 Å². The van der Waals surface area contributed by atoms with Gasteiger partial charge in [-0.1, -0.05) is 129 Å². The molecule has 0 aromatic heterocycles. The molecule has 0 aliphatic heterocycles. The van der Waals surface area contributed by atoms with E-state index in [1.54, 1.807) is 0 Å². The van der Waals surface area contributed by atoms with Crippen LogP contribution in [-0.2, 0) is 4.79 Å². The molecular formula is C27H56N2O4. The number of rotatable bonds is 25. The van der Waals surface area contributed by atoms with Crippen molar-refractivity contribution in [3.63, 3.8) is 0 Å². The predicted molar refractivity (Wildman–Crippen MR) is 138 cm³/mol. The van der Waals surface area contributed by atoms with Crippen molar-refractivity contribution in [1.29, 1.82) is 0 Å². The lowest BCUT2D eigenvalue weighted by atomic mass is 10.0. The zero-order chi connectivity index (χ0) is 24.6. The highest BCUT2D eigenvalue weighted by atomic mass is 16.5. The first-order valence-electron chi connectivity index (χ1n) is 14.1. The number of carbonyl (C=O) groups is 1. The van der Waals surface area contributed by atoms with E-state index < -0.39 is 18.7 Å². The highest BCUT2D eigenvalue weighted by Gasteiger charge is 2.18. The highest BCUT2D eigenvalue weighted by Crippen LogP contribution is 2.14. The Kier molecular flexibility index (Phi) is 23.9. The van der Waals surface area contributed by atoms with E-state index in [1.165, 1.54) is 109 Å². The van der Waals surface area contributed by atoms with Crippen LogP contribution in [0.3, 0.4) is 0 Å². The van der Waals surface area contributed by atoms with Crippen molar-refractivity contribution in [2.24, 2.45) is 0 Å². The summed E-state index contributed by atoms with van der Waals surface area (Å²) in [6.07, 6.45) is 22.5. The van der Waals surface area contributed by atoms with Gasteiger partial charge in [0.15, 0.2) is 12.5 Å². The summed E-state index contributed by atoms with van der Waals surface area (Å²) in [4.78, 5) is 12.0. The summed E-state index contributed by atoms with van der Waals surface area (Å²) >= 11 is 0. The Morgan fingerprint density at radius 1 is 0.606 bits per heavy atom. The number of aliphatic hydroxyl groups is 3. The smallest absolute Gasteiger partial charge is 0.221 e. The number of hydrogen-bond acceptors (Lipinski definition) is 5. The summed E-state index contributed by atoms with van der Waals surface area (Å²) in [7, 11) is 0. The zero-order valence-electron chi connectivity index (χ0n) is 21.8. The molecule has 0 aromatic carbocycles. The van der Waals surface area contributed by atoms with Gasteiger partial charge in [-0.25, -0.2) is 0 Å². The van der Waals surface area contributed by atoms with Crippen LogP contribution < -0.4 is 10.6 Å². The van der Waals surface area contributed by atoms with Gasteiger partial charge in [0.1, 0.15) is 0 Å². The van der Waals surface area contributed by atoms with Crippen molar-refractivity contribution in [2.45, 2.75) is 167 Å². The molecule has 0 aliphatic carbocycles. The Bertz CT molecular complexity index is 421. The van der Waals surface area contributed by atoms with Crippen LogP contribution >= 0.6 is 0 Å². The largest absolute Gasteiger partial charge is 0.373 e. The fourth-order valence-electron chi connectivity index (χ4n) is 4.18. The molecule has 0 fully saturated rings. The molecule has 0 heterocycles. The van der Waals surface area contributed by atoms with Crippen LogP contribution in [0.15, 0.2) is 0 Å². The van der Waals surface area contributed by atoms with E-state index in [1.807, 2.05) is 6.92 Å². The number of amides is 1. The Morgan fingerprint density at radius 2 is 0.970 bits per heavy atom. The summed E-state index contributed by atoms with van der Waals surface area (Å²) in [5.41, 5.74) is 0. The van der Waals surface area contributed by atoms with E-state index >= 15 is 0 Å². The number of aliphatic hydroxyl groups excluding tert-OH is 2. The molecule has 2 unspecified atom stereocenters. The highest BCUT2D eigenvalue weighted by molar-refractivity contribution is 5.76. The van der Waals surface area contributed by atoms with Crippen molar-refractivity contribution in [2.75, 3.05) is 0 Å². The van der Waals surface area contributed by atoms with Gasteiger partial charge in [-0.2, -0.15) is 0 Å². The normalized spacial score (nSPS) is 13.4. The average Bonchev–Trinajstić information content (AvgIpc) is 2.79. The van der Waals surface area contributed by atoms with Crippen molar-refractivity contribution < 1.29 is 20.1 Å². The maximum absolute atomic E-state index is 12.0. The first-order chi connectivity index (χ1) is 16.0. The Morgan fingerprint density at radius 3 is 1.30 bits per heavy atom. The van der Waals surface area contributed by atoms with Crippen molar-refractivity contribution in [3.8, 4) is 0 Å². The third-order valence-electron chi connectivity index (χ3n) is 6.41. The topological polar surface area (TPSA) is 102 Å².